The van der Waals surface area contributed by atoms with Crippen LogP contribution in [0.5, 0.6) is 0 Å². The Hall–Kier alpha value is -1.94. The molecule has 90 valence electrons. The second kappa shape index (κ2) is 4.38. The number of hydrogen-bond acceptors (Lipinski definition) is 3. The smallest absolute Gasteiger partial charge is 0.203 e. The van der Waals surface area contributed by atoms with Crippen molar-refractivity contribution in [3.63, 3.8) is 0 Å². The number of fused-ring (bicyclic) bond motifs is 1. The largest absolute Gasteiger partial charge is 0.450 e. The molecule has 0 saturated carbocycles. The molecular formula is C14H9FO2S. The van der Waals surface area contributed by atoms with E-state index in [0.717, 1.165) is 4.88 Å². The Bertz CT molecular complexity index is 698. The van der Waals surface area contributed by atoms with Crippen molar-refractivity contribution < 1.29 is 13.6 Å². The summed E-state index contributed by atoms with van der Waals surface area (Å²) in [5.74, 6) is -0.362. The third-order valence-electron chi connectivity index (χ3n) is 2.69. The van der Waals surface area contributed by atoms with Gasteiger partial charge in [0.05, 0.1) is 0 Å². The zero-order valence-corrected chi connectivity index (χ0v) is 10.2. The fourth-order valence-electron chi connectivity index (χ4n) is 1.82. The molecule has 0 unspecified atom stereocenters. The fourth-order valence-corrected chi connectivity index (χ4v) is 2.53. The van der Waals surface area contributed by atoms with Gasteiger partial charge in [0.15, 0.2) is 17.2 Å². The van der Waals surface area contributed by atoms with E-state index in [0.29, 0.717) is 11.8 Å². The van der Waals surface area contributed by atoms with Gasteiger partial charge in [0.1, 0.15) is 0 Å². The van der Waals surface area contributed by atoms with E-state index in [1.165, 1.54) is 17.4 Å². The van der Waals surface area contributed by atoms with Gasteiger partial charge >= 0.3 is 0 Å². The van der Waals surface area contributed by atoms with Crippen LogP contribution in [0.25, 0.3) is 11.0 Å². The number of carbonyl (C=O) groups is 1. The normalized spacial score (nSPS) is 10.9. The third-order valence-corrected chi connectivity index (χ3v) is 3.56. The van der Waals surface area contributed by atoms with Crippen LogP contribution < -0.4 is 0 Å². The van der Waals surface area contributed by atoms with Crippen molar-refractivity contribution >= 4 is 28.1 Å². The second-order valence-corrected chi connectivity index (χ2v) is 4.98. The van der Waals surface area contributed by atoms with Crippen LogP contribution in [-0.2, 0) is 6.42 Å². The molecule has 2 aromatic heterocycles. The summed E-state index contributed by atoms with van der Waals surface area (Å²) in [7, 11) is 0. The Labute approximate surface area is 107 Å². The topological polar surface area (TPSA) is 30.2 Å². The standard InChI is InChI=1S/C14H9FO2S/c15-11-5-1-3-9-7-13(17-14(9)11)12(16)8-10-4-2-6-18-10/h1-7H,8H2. The SMILES string of the molecule is O=C(Cc1cccs1)c1cc2cccc(F)c2o1. The highest BCUT2D eigenvalue weighted by Gasteiger charge is 2.15. The summed E-state index contributed by atoms with van der Waals surface area (Å²) >= 11 is 1.52. The molecule has 0 N–H and O–H groups in total. The van der Waals surface area contributed by atoms with Gasteiger partial charge in [-0.25, -0.2) is 4.39 Å². The highest BCUT2D eigenvalue weighted by Crippen LogP contribution is 2.23. The zero-order chi connectivity index (χ0) is 12.5. The number of rotatable bonds is 3. The van der Waals surface area contributed by atoms with E-state index in [-0.39, 0.29) is 17.1 Å². The second-order valence-electron chi connectivity index (χ2n) is 3.95. The average Bonchev–Trinajstić information content (AvgIpc) is 2.97. The Morgan fingerprint density at radius 3 is 2.89 bits per heavy atom. The molecule has 3 rings (SSSR count). The van der Waals surface area contributed by atoms with Gasteiger partial charge in [0, 0.05) is 16.7 Å². The van der Waals surface area contributed by atoms with Crippen molar-refractivity contribution in [1.82, 2.24) is 0 Å². The average molecular weight is 260 g/mol. The molecule has 0 atom stereocenters. The molecule has 3 aromatic rings. The lowest BCUT2D eigenvalue weighted by Crippen LogP contribution is -1.99. The van der Waals surface area contributed by atoms with Gasteiger partial charge in [-0.15, -0.1) is 11.3 Å². The quantitative estimate of drug-likeness (QED) is 0.665. The van der Waals surface area contributed by atoms with Gasteiger partial charge in [0.25, 0.3) is 0 Å². The van der Waals surface area contributed by atoms with Crippen LogP contribution >= 0.6 is 11.3 Å². The summed E-state index contributed by atoms with van der Waals surface area (Å²) < 4.78 is 18.7. The number of carbonyl (C=O) groups excluding carboxylic acids is 1. The lowest BCUT2D eigenvalue weighted by Gasteiger charge is -1.93. The molecule has 0 aliphatic rings. The first-order valence-corrected chi connectivity index (χ1v) is 6.35. The lowest BCUT2D eigenvalue weighted by molar-refractivity contribution is 0.0969. The molecule has 0 amide bonds. The number of benzene rings is 1. The maximum Gasteiger partial charge on any atom is 0.203 e. The molecular weight excluding hydrogens is 251 g/mol. The van der Waals surface area contributed by atoms with Crippen LogP contribution in [0.4, 0.5) is 4.39 Å². The van der Waals surface area contributed by atoms with E-state index in [9.17, 15) is 9.18 Å². The predicted molar refractivity (Wildman–Crippen MR) is 68.5 cm³/mol. The summed E-state index contributed by atoms with van der Waals surface area (Å²) in [5.41, 5.74) is 0.145. The maximum absolute atomic E-state index is 13.4. The van der Waals surface area contributed by atoms with Crippen LogP contribution in [0.3, 0.4) is 0 Å². The van der Waals surface area contributed by atoms with E-state index in [1.54, 1.807) is 18.2 Å². The Morgan fingerprint density at radius 1 is 1.28 bits per heavy atom. The monoisotopic (exact) mass is 260 g/mol. The zero-order valence-electron chi connectivity index (χ0n) is 9.35. The molecule has 4 heteroatoms. The molecule has 0 saturated heterocycles. The van der Waals surface area contributed by atoms with Crippen LogP contribution in [0.15, 0.2) is 46.2 Å². The molecule has 0 aliphatic carbocycles. The molecule has 0 bridgehead atoms. The van der Waals surface area contributed by atoms with Crippen LogP contribution in [0.2, 0.25) is 0 Å². The van der Waals surface area contributed by atoms with Gasteiger partial charge < -0.3 is 4.42 Å². The first kappa shape index (κ1) is 11.2. The predicted octanol–water partition coefficient (Wildman–Crippen LogP) is 4.06. The molecule has 0 aliphatic heterocycles. The first-order chi connectivity index (χ1) is 8.74. The highest BCUT2D eigenvalue weighted by molar-refractivity contribution is 7.10. The summed E-state index contributed by atoms with van der Waals surface area (Å²) in [6.45, 7) is 0. The van der Waals surface area contributed by atoms with Gasteiger partial charge in [-0.3, -0.25) is 4.79 Å². The Balaban J connectivity index is 1.94. The van der Waals surface area contributed by atoms with Crippen LogP contribution in [0.1, 0.15) is 15.4 Å². The maximum atomic E-state index is 13.4. The van der Waals surface area contributed by atoms with Crippen LogP contribution in [0, 0.1) is 5.82 Å². The lowest BCUT2D eigenvalue weighted by atomic mass is 10.2. The van der Waals surface area contributed by atoms with Crippen molar-refractivity contribution in [2.24, 2.45) is 0 Å². The van der Waals surface area contributed by atoms with Gasteiger partial charge in [-0.1, -0.05) is 18.2 Å². The van der Waals surface area contributed by atoms with Gasteiger partial charge in [0.2, 0.25) is 5.78 Å². The van der Waals surface area contributed by atoms with Gasteiger partial charge in [-0.2, -0.15) is 0 Å². The molecule has 2 nitrogen and oxygen atoms in total. The number of thiophene rings is 1. The van der Waals surface area contributed by atoms with Gasteiger partial charge in [-0.05, 0) is 23.6 Å². The number of Topliss-reactive ketones (excluding diaryl/α,β-unsaturated/α-hetero) is 1. The van der Waals surface area contributed by atoms with E-state index in [2.05, 4.69) is 0 Å². The van der Waals surface area contributed by atoms with E-state index in [4.69, 9.17) is 4.42 Å². The van der Waals surface area contributed by atoms with Crippen molar-refractivity contribution in [2.45, 2.75) is 6.42 Å². The Kier molecular flexibility index (Phi) is 2.72. The van der Waals surface area contributed by atoms with Crippen LogP contribution in [-0.4, -0.2) is 5.78 Å². The van der Waals surface area contributed by atoms with E-state index >= 15 is 0 Å². The van der Waals surface area contributed by atoms with Crippen molar-refractivity contribution in [3.8, 4) is 0 Å². The van der Waals surface area contributed by atoms with Crippen molar-refractivity contribution in [1.29, 1.82) is 0 Å². The molecule has 0 fully saturated rings. The number of para-hydroxylation sites is 1. The van der Waals surface area contributed by atoms with Crippen molar-refractivity contribution in [3.05, 3.63) is 58.2 Å². The number of ketones is 1. The van der Waals surface area contributed by atoms with Crippen molar-refractivity contribution in [2.75, 3.05) is 0 Å². The molecule has 0 spiro atoms. The number of hydrogen-bond donors (Lipinski definition) is 0. The minimum absolute atomic E-state index is 0.131. The Morgan fingerprint density at radius 2 is 2.17 bits per heavy atom. The first-order valence-electron chi connectivity index (χ1n) is 5.47. The molecule has 2 heterocycles. The summed E-state index contributed by atoms with van der Waals surface area (Å²) in [4.78, 5) is 13.0. The van der Waals surface area contributed by atoms with E-state index < -0.39 is 5.82 Å². The van der Waals surface area contributed by atoms with E-state index in [1.807, 2.05) is 17.5 Å². The minimum atomic E-state index is -0.442. The summed E-state index contributed by atoms with van der Waals surface area (Å²) in [6.07, 6.45) is 0.291. The highest BCUT2D eigenvalue weighted by atomic mass is 32.1. The third kappa shape index (κ3) is 1.95. The summed E-state index contributed by atoms with van der Waals surface area (Å²) in [5, 5.41) is 2.53. The number of halogens is 1. The summed E-state index contributed by atoms with van der Waals surface area (Å²) in [6, 6.07) is 10.0. The fraction of sp³-hybridized carbons (Fsp3) is 0.0714. The molecule has 1 aromatic carbocycles. The number of furan rings is 1. The minimum Gasteiger partial charge on any atom is -0.450 e. The molecule has 18 heavy (non-hydrogen) atoms. The molecule has 0 radical (unpaired) electrons.